The first kappa shape index (κ1) is 6.99. The summed E-state index contributed by atoms with van der Waals surface area (Å²) < 4.78 is 5.13. The van der Waals surface area contributed by atoms with Crippen molar-refractivity contribution in [2.75, 3.05) is 26.3 Å². The third kappa shape index (κ3) is 2.30. The average molecular weight is 132 g/mol. The lowest BCUT2D eigenvalue weighted by molar-refractivity contribution is -0.662. The van der Waals surface area contributed by atoms with E-state index in [2.05, 4.69) is 5.32 Å². The minimum absolute atomic E-state index is 0.476. The second kappa shape index (κ2) is 2.64. The van der Waals surface area contributed by atoms with Crippen molar-refractivity contribution in [1.29, 1.82) is 0 Å². The van der Waals surface area contributed by atoms with E-state index in [9.17, 15) is 5.11 Å². The molecule has 0 saturated carbocycles. The predicted molar refractivity (Wildman–Crippen MR) is 33.1 cm³/mol. The molecule has 54 valence electrons. The van der Waals surface area contributed by atoms with E-state index in [1.807, 2.05) is 0 Å². The van der Waals surface area contributed by atoms with Gasteiger partial charge in [0.1, 0.15) is 12.1 Å². The van der Waals surface area contributed by atoms with Gasteiger partial charge in [0.2, 0.25) is 0 Å². The number of ether oxygens (including phenoxy) is 1. The monoisotopic (exact) mass is 132 g/mol. The number of quaternary nitrogens is 1. The van der Waals surface area contributed by atoms with E-state index in [-0.39, 0.29) is 0 Å². The van der Waals surface area contributed by atoms with Gasteiger partial charge in [0.15, 0.2) is 0 Å². The summed E-state index contributed by atoms with van der Waals surface area (Å²) in [6, 6.07) is 0. The lowest BCUT2D eigenvalue weighted by atomic mass is 10.1. The molecular weight excluding hydrogens is 118 g/mol. The van der Waals surface area contributed by atoms with Gasteiger partial charge in [0, 0.05) is 0 Å². The minimum atomic E-state index is -0.615. The summed E-state index contributed by atoms with van der Waals surface area (Å²) in [5.41, 5.74) is -0.615. The van der Waals surface area contributed by atoms with Crippen LogP contribution in [0.3, 0.4) is 0 Å². The Labute approximate surface area is 55.0 Å². The van der Waals surface area contributed by atoms with Gasteiger partial charge in [-0.1, -0.05) is 0 Å². The molecule has 3 nitrogen and oxygen atoms in total. The van der Waals surface area contributed by atoms with Crippen LogP contribution in [-0.4, -0.2) is 37.0 Å². The zero-order chi connectivity index (χ0) is 6.74. The van der Waals surface area contributed by atoms with E-state index in [4.69, 9.17) is 4.74 Å². The van der Waals surface area contributed by atoms with E-state index in [0.29, 0.717) is 6.61 Å². The molecule has 1 unspecified atom stereocenters. The third-order valence-electron chi connectivity index (χ3n) is 1.46. The zero-order valence-corrected chi connectivity index (χ0v) is 5.76. The number of hydrogen-bond donors (Lipinski definition) is 2. The number of rotatable bonds is 0. The maximum atomic E-state index is 9.40. The van der Waals surface area contributed by atoms with Crippen LogP contribution in [0.15, 0.2) is 0 Å². The van der Waals surface area contributed by atoms with Crippen molar-refractivity contribution >= 4 is 0 Å². The molecule has 0 radical (unpaired) electrons. The summed E-state index contributed by atoms with van der Waals surface area (Å²) in [6.45, 7) is 4.76. The SMILES string of the molecule is CC1(O)C[NH2+]CCOC1. The van der Waals surface area contributed by atoms with Crippen molar-refractivity contribution in [3.63, 3.8) is 0 Å². The molecular formula is C6H14NO2+. The molecule has 3 N–H and O–H groups in total. The normalized spacial score (nSPS) is 38.0. The van der Waals surface area contributed by atoms with Crippen LogP contribution in [0.2, 0.25) is 0 Å². The first-order chi connectivity index (χ1) is 4.21. The van der Waals surface area contributed by atoms with E-state index >= 15 is 0 Å². The Bertz CT molecular complexity index is 83.1. The molecule has 1 aliphatic heterocycles. The van der Waals surface area contributed by atoms with Crippen LogP contribution in [-0.2, 0) is 4.74 Å². The van der Waals surface area contributed by atoms with Crippen LogP contribution in [0.25, 0.3) is 0 Å². The largest absolute Gasteiger partial charge is 0.382 e. The summed E-state index contributed by atoms with van der Waals surface area (Å²) in [5, 5.41) is 11.5. The van der Waals surface area contributed by atoms with Gasteiger partial charge < -0.3 is 15.2 Å². The Morgan fingerprint density at radius 2 is 2.44 bits per heavy atom. The Kier molecular flexibility index (Phi) is 2.05. The second-order valence-corrected chi connectivity index (χ2v) is 2.83. The summed E-state index contributed by atoms with van der Waals surface area (Å²) >= 11 is 0. The van der Waals surface area contributed by atoms with Crippen LogP contribution in [0.5, 0.6) is 0 Å². The molecule has 0 spiro atoms. The fraction of sp³-hybridized carbons (Fsp3) is 1.00. The van der Waals surface area contributed by atoms with Crippen LogP contribution in [0, 0.1) is 0 Å². The van der Waals surface area contributed by atoms with Crippen molar-refractivity contribution < 1.29 is 15.2 Å². The molecule has 1 rings (SSSR count). The summed E-state index contributed by atoms with van der Waals surface area (Å²) in [4.78, 5) is 0. The molecule has 1 saturated heterocycles. The van der Waals surface area contributed by atoms with Gasteiger partial charge in [0.25, 0.3) is 0 Å². The van der Waals surface area contributed by atoms with Gasteiger partial charge in [-0.15, -0.1) is 0 Å². The number of aliphatic hydroxyl groups is 1. The molecule has 1 atom stereocenters. The Hall–Kier alpha value is -0.120. The molecule has 3 heteroatoms. The maximum absolute atomic E-state index is 9.40. The van der Waals surface area contributed by atoms with Gasteiger partial charge in [-0.2, -0.15) is 0 Å². The molecule has 9 heavy (non-hydrogen) atoms. The molecule has 0 aliphatic carbocycles. The average Bonchev–Trinajstić information content (AvgIpc) is 1.92. The Balaban J connectivity index is 2.36. The predicted octanol–water partition coefficient (Wildman–Crippen LogP) is -1.67. The van der Waals surface area contributed by atoms with Gasteiger partial charge in [-0.25, -0.2) is 0 Å². The Morgan fingerprint density at radius 1 is 1.67 bits per heavy atom. The smallest absolute Gasteiger partial charge is 0.134 e. The van der Waals surface area contributed by atoms with E-state index in [0.717, 1.165) is 19.7 Å². The highest BCUT2D eigenvalue weighted by Crippen LogP contribution is 2.00. The minimum Gasteiger partial charge on any atom is -0.382 e. The number of nitrogens with two attached hydrogens (primary N) is 1. The molecule has 0 aromatic heterocycles. The second-order valence-electron chi connectivity index (χ2n) is 2.83. The molecule has 0 aromatic rings. The molecule has 0 bridgehead atoms. The summed E-state index contributed by atoms with van der Waals surface area (Å²) in [7, 11) is 0. The lowest BCUT2D eigenvalue weighted by Crippen LogP contribution is -2.88. The maximum Gasteiger partial charge on any atom is 0.134 e. The van der Waals surface area contributed by atoms with Crippen molar-refractivity contribution in [3.8, 4) is 0 Å². The highest BCUT2D eigenvalue weighted by Gasteiger charge is 2.24. The highest BCUT2D eigenvalue weighted by atomic mass is 16.5. The van der Waals surface area contributed by atoms with E-state index in [1.54, 1.807) is 6.92 Å². The third-order valence-corrected chi connectivity index (χ3v) is 1.46. The lowest BCUT2D eigenvalue weighted by Gasteiger charge is -2.16. The van der Waals surface area contributed by atoms with E-state index < -0.39 is 5.60 Å². The fourth-order valence-electron chi connectivity index (χ4n) is 0.931. The molecule has 0 amide bonds. The van der Waals surface area contributed by atoms with Gasteiger partial charge >= 0.3 is 0 Å². The van der Waals surface area contributed by atoms with Crippen molar-refractivity contribution in [2.45, 2.75) is 12.5 Å². The van der Waals surface area contributed by atoms with Crippen LogP contribution in [0.1, 0.15) is 6.92 Å². The first-order valence-electron chi connectivity index (χ1n) is 3.32. The molecule has 0 aromatic carbocycles. The van der Waals surface area contributed by atoms with Crippen LogP contribution in [0.4, 0.5) is 0 Å². The quantitative estimate of drug-likeness (QED) is 0.414. The standard InChI is InChI=1S/C6H13NO2/c1-6(8)4-7-2-3-9-5-6/h7-8H,2-5H2,1H3/p+1. The van der Waals surface area contributed by atoms with Crippen molar-refractivity contribution in [2.24, 2.45) is 0 Å². The topological polar surface area (TPSA) is 46.1 Å². The highest BCUT2D eigenvalue weighted by molar-refractivity contribution is 4.70. The zero-order valence-electron chi connectivity index (χ0n) is 5.76. The van der Waals surface area contributed by atoms with Gasteiger partial charge in [-0.3, -0.25) is 0 Å². The van der Waals surface area contributed by atoms with Crippen molar-refractivity contribution in [3.05, 3.63) is 0 Å². The van der Waals surface area contributed by atoms with Gasteiger partial charge in [-0.05, 0) is 6.92 Å². The molecule has 1 heterocycles. The molecule has 1 fully saturated rings. The number of hydrogen-bond acceptors (Lipinski definition) is 2. The Morgan fingerprint density at radius 3 is 3.22 bits per heavy atom. The van der Waals surface area contributed by atoms with Crippen LogP contribution >= 0.6 is 0 Å². The first-order valence-corrected chi connectivity index (χ1v) is 3.32. The summed E-state index contributed by atoms with van der Waals surface area (Å²) in [5.74, 6) is 0. The van der Waals surface area contributed by atoms with E-state index in [1.165, 1.54) is 0 Å². The molecule has 1 aliphatic rings. The fourth-order valence-corrected chi connectivity index (χ4v) is 0.931. The summed E-state index contributed by atoms with van der Waals surface area (Å²) in [6.07, 6.45) is 0. The van der Waals surface area contributed by atoms with Gasteiger partial charge in [0.05, 0.1) is 19.8 Å². The van der Waals surface area contributed by atoms with Crippen molar-refractivity contribution in [1.82, 2.24) is 0 Å². The van der Waals surface area contributed by atoms with Crippen LogP contribution < -0.4 is 5.32 Å².